The van der Waals surface area contributed by atoms with Gasteiger partial charge in [0.05, 0.1) is 33.4 Å². The van der Waals surface area contributed by atoms with Crippen LogP contribution in [0.15, 0.2) is 23.4 Å². The Labute approximate surface area is 188 Å². The Kier molecular flexibility index (Phi) is 7.29. The van der Waals surface area contributed by atoms with E-state index in [1.54, 1.807) is 52.0 Å². The van der Waals surface area contributed by atoms with E-state index < -0.39 is 10.0 Å². The first-order chi connectivity index (χ1) is 15.2. The Morgan fingerprint density at radius 3 is 2.19 bits per heavy atom. The van der Waals surface area contributed by atoms with Gasteiger partial charge in [0.25, 0.3) is 10.0 Å². The number of carbonyl (C=O) groups is 1. The Morgan fingerprint density at radius 2 is 1.72 bits per heavy atom. The van der Waals surface area contributed by atoms with Crippen LogP contribution in [0.1, 0.15) is 24.2 Å². The lowest BCUT2D eigenvalue weighted by atomic mass is 9.97. The number of aromatic nitrogens is 2. The molecule has 10 nitrogen and oxygen atoms in total. The molecular weight excluding hydrogens is 436 g/mol. The highest BCUT2D eigenvalue weighted by molar-refractivity contribution is 7.89. The number of benzene rings is 1. The molecule has 0 aliphatic carbocycles. The summed E-state index contributed by atoms with van der Waals surface area (Å²) in [5.74, 6) is 1.91. The maximum absolute atomic E-state index is 12.8. The number of aryl methyl sites for hydroxylation is 2. The van der Waals surface area contributed by atoms with Crippen LogP contribution in [-0.4, -0.2) is 62.6 Å². The van der Waals surface area contributed by atoms with E-state index in [0.717, 1.165) is 0 Å². The first-order valence-electron chi connectivity index (χ1n) is 10.3. The molecule has 1 fully saturated rings. The van der Waals surface area contributed by atoms with Crippen LogP contribution in [0.4, 0.5) is 0 Å². The zero-order valence-electron chi connectivity index (χ0n) is 19.0. The van der Waals surface area contributed by atoms with E-state index in [9.17, 15) is 13.2 Å². The van der Waals surface area contributed by atoms with Crippen LogP contribution in [0.5, 0.6) is 17.2 Å². The maximum Gasteiger partial charge on any atom is 0.262 e. The fourth-order valence-electron chi connectivity index (χ4n) is 3.71. The van der Waals surface area contributed by atoms with Crippen LogP contribution in [-0.2, 0) is 28.4 Å². The van der Waals surface area contributed by atoms with Crippen LogP contribution in [0.2, 0.25) is 0 Å². The van der Waals surface area contributed by atoms with Crippen molar-refractivity contribution in [2.24, 2.45) is 13.0 Å². The van der Waals surface area contributed by atoms with Crippen molar-refractivity contribution < 1.29 is 27.4 Å². The highest BCUT2D eigenvalue weighted by Crippen LogP contribution is 2.34. The van der Waals surface area contributed by atoms with E-state index in [-0.39, 0.29) is 36.5 Å². The van der Waals surface area contributed by atoms with Gasteiger partial charge in [-0.1, -0.05) is 0 Å². The lowest BCUT2D eigenvalue weighted by Crippen LogP contribution is -2.43. The third-order valence-corrected chi connectivity index (χ3v) is 7.54. The highest BCUT2D eigenvalue weighted by atomic mass is 32.2. The van der Waals surface area contributed by atoms with Gasteiger partial charge in [0.1, 0.15) is 23.1 Å². The monoisotopic (exact) mass is 466 g/mol. The molecule has 1 amide bonds. The number of piperidine rings is 1. The largest absolute Gasteiger partial charge is 0.496 e. The molecule has 2 heterocycles. The summed E-state index contributed by atoms with van der Waals surface area (Å²) in [6.07, 6.45) is 2.39. The molecule has 0 atom stereocenters. The van der Waals surface area contributed by atoms with Gasteiger partial charge in [0, 0.05) is 44.4 Å². The number of nitrogens with one attached hydrogen (secondary N) is 1. The first-order valence-corrected chi connectivity index (χ1v) is 11.7. The quantitative estimate of drug-likeness (QED) is 0.627. The molecular formula is C21H30N4O6S. The molecule has 1 aliphatic rings. The number of ether oxygens (including phenoxy) is 3. The third kappa shape index (κ3) is 4.83. The summed E-state index contributed by atoms with van der Waals surface area (Å²) in [7, 11) is 2.72. The number of methoxy groups -OCH3 is 3. The minimum atomic E-state index is -3.67. The van der Waals surface area contributed by atoms with E-state index in [1.165, 1.54) is 10.5 Å². The van der Waals surface area contributed by atoms with Gasteiger partial charge in [-0.3, -0.25) is 4.79 Å². The predicted molar refractivity (Wildman–Crippen MR) is 117 cm³/mol. The average Bonchev–Trinajstić information content (AvgIpc) is 3.15. The minimum absolute atomic E-state index is 0.0408. The van der Waals surface area contributed by atoms with Crippen LogP contribution in [0.3, 0.4) is 0 Å². The number of sulfonamides is 1. The number of nitrogens with zero attached hydrogens (tertiary/aromatic N) is 3. The molecule has 11 heteroatoms. The van der Waals surface area contributed by atoms with Crippen molar-refractivity contribution in [1.29, 1.82) is 0 Å². The Hall–Kier alpha value is -2.79. The van der Waals surface area contributed by atoms with Gasteiger partial charge in [-0.05, 0) is 19.8 Å². The summed E-state index contributed by atoms with van der Waals surface area (Å²) < 4.78 is 44.8. The van der Waals surface area contributed by atoms with Crippen molar-refractivity contribution in [1.82, 2.24) is 19.2 Å². The lowest BCUT2D eigenvalue weighted by molar-refractivity contribution is -0.126. The zero-order chi connectivity index (χ0) is 23.5. The number of rotatable bonds is 8. The number of imidazole rings is 1. The molecule has 0 saturated carbocycles. The molecule has 32 heavy (non-hydrogen) atoms. The predicted octanol–water partition coefficient (Wildman–Crippen LogP) is 1.47. The lowest BCUT2D eigenvalue weighted by Gasteiger charge is -2.30. The number of amides is 1. The van der Waals surface area contributed by atoms with E-state index in [4.69, 9.17) is 14.2 Å². The molecule has 2 aromatic rings. The summed E-state index contributed by atoms with van der Waals surface area (Å²) in [6.45, 7) is 2.51. The van der Waals surface area contributed by atoms with Crippen molar-refractivity contribution in [3.8, 4) is 17.2 Å². The number of carbonyl (C=O) groups excluding carboxylic acids is 1. The van der Waals surface area contributed by atoms with Crippen molar-refractivity contribution in [3.05, 3.63) is 29.7 Å². The first kappa shape index (κ1) is 23.9. The third-order valence-electron chi connectivity index (χ3n) is 5.77. The molecule has 1 aliphatic heterocycles. The SMILES string of the molecule is COc1cc(OC)c(CNC(=O)C2CCN(S(=O)(=O)c3cn(C)c(C)n3)CC2)c(OC)c1. The summed E-state index contributed by atoms with van der Waals surface area (Å²) >= 11 is 0. The molecule has 176 valence electrons. The van der Waals surface area contributed by atoms with Gasteiger partial charge in [-0.15, -0.1) is 0 Å². The smallest absolute Gasteiger partial charge is 0.262 e. The summed E-state index contributed by atoms with van der Waals surface area (Å²) in [5, 5.41) is 2.97. The molecule has 1 aromatic carbocycles. The van der Waals surface area contributed by atoms with Gasteiger partial charge in [0.15, 0.2) is 5.03 Å². The molecule has 0 unspecified atom stereocenters. The summed E-state index contributed by atoms with van der Waals surface area (Å²) in [5.41, 5.74) is 0.703. The molecule has 1 saturated heterocycles. The van der Waals surface area contributed by atoms with E-state index >= 15 is 0 Å². The van der Waals surface area contributed by atoms with Gasteiger partial charge in [0.2, 0.25) is 5.91 Å². The van der Waals surface area contributed by atoms with Crippen LogP contribution < -0.4 is 19.5 Å². The summed E-state index contributed by atoms with van der Waals surface area (Å²) in [4.78, 5) is 16.9. The molecule has 0 radical (unpaired) electrons. The molecule has 1 aromatic heterocycles. The van der Waals surface area contributed by atoms with Crippen LogP contribution in [0.25, 0.3) is 0 Å². The maximum atomic E-state index is 12.8. The fourth-order valence-corrected chi connectivity index (χ4v) is 5.21. The van der Waals surface area contributed by atoms with Gasteiger partial charge in [-0.2, -0.15) is 4.31 Å². The van der Waals surface area contributed by atoms with E-state index in [0.29, 0.717) is 41.5 Å². The summed E-state index contributed by atoms with van der Waals surface area (Å²) in [6, 6.07) is 3.46. The molecule has 3 rings (SSSR count). The van der Waals surface area contributed by atoms with Gasteiger partial charge in [-0.25, -0.2) is 13.4 Å². The van der Waals surface area contributed by atoms with Crippen molar-refractivity contribution in [2.45, 2.75) is 31.3 Å². The Bertz CT molecular complexity index is 1030. The average molecular weight is 467 g/mol. The number of hydrogen-bond acceptors (Lipinski definition) is 7. The van der Waals surface area contributed by atoms with Crippen molar-refractivity contribution in [2.75, 3.05) is 34.4 Å². The standard InChI is InChI=1S/C21H30N4O6S/c1-14-23-20(13-24(14)2)32(27,28)25-8-6-15(7-9-25)21(26)22-12-17-18(30-4)10-16(29-3)11-19(17)31-5/h10-11,13,15H,6-9,12H2,1-5H3,(H,22,26). The van der Waals surface area contributed by atoms with Crippen molar-refractivity contribution in [3.63, 3.8) is 0 Å². The van der Waals surface area contributed by atoms with E-state index in [2.05, 4.69) is 10.3 Å². The highest BCUT2D eigenvalue weighted by Gasteiger charge is 2.33. The fraction of sp³-hybridized carbons (Fsp3) is 0.524. The Balaban J connectivity index is 1.62. The van der Waals surface area contributed by atoms with Gasteiger partial charge < -0.3 is 24.1 Å². The second-order valence-electron chi connectivity index (χ2n) is 7.64. The van der Waals surface area contributed by atoms with Crippen LogP contribution >= 0.6 is 0 Å². The second-order valence-corrected chi connectivity index (χ2v) is 9.53. The minimum Gasteiger partial charge on any atom is -0.496 e. The normalized spacial score (nSPS) is 15.4. The van der Waals surface area contributed by atoms with Gasteiger partial charge >= 0.3 is 0 Å². The number of hydrogen-bond donors (Lipinski definition) is 1. The molecule has 0 bridgehead atoms. The van der Waals surface area contributed by atoms with Crippen molar-refractivity contribution >= 4 is 15.9 Å². The molecule has 1 N–H and O–H groups in total. The second kappa shape index (κ2) is 9.78. The topological polar surface area (TPSA) is 112 Å². The molecule has 0 spiro atoms. The van der Waals surface area contributed by atoms with Crippen LogP contribution in [0, 0.1) is 12.8 Å². The zero-order valence-corrected chi connectivity index (χ0v) is 19.9. The Morgan fingerprint density at radius 1 is 1.12 bits per heavy atom. The van der Waals surface area contributed by atoms with E-state index in [1.807, 2.05) is 0 Å².